The summed E-state index contributed by atoms with van der Waals surface area (Å²) in [5, 5.41) is 10.8. The summed E-state index contributed by atoms with van der Waals surface area (Å²) in [5.74, 6) is 0.511. The zero-order chi connectivity index (χ0) is 11.4. The predicted molar refractivity (Wildman–Crippen MR) is 60.7 cm³/mol. The average molecular weight is 248 g/mol. The van der Waals surface area contributed by atoms with Gasteiger partial charge in [0, 0.05) is 34.9 Å². The molecule has 1 unspecified atom stereocenters. The lowest BCUT2D eigenvalue weighted by Gasteiger charge is -2.02. The first-order valence-corrected chi connectivity index (χ1v) is 6.34. The molecule has 0 spiro atoms. The van der Waals surface area contributed by atoms with E-state index in [9.17, 15) is 14.3 Å². The second-order valence-corrected chi connectivity index (χ2v) is 5.02. The van der Waals surface area contributed by atoms with Gasteiger partial charge in [0.05, 0.1) is 9.95 Å². The lowest BCUT2D eigenvalue weighted by Crippen LogP contribution is -1.99. The van der Waals surface area contributed by atoms with E-state index in [1.165, 1.54) is 12.1 Å². The number of non-ortho nitro benzene ring substituents is 1. The summed E-state index contributed by atoms with van der Waals surface area (Å²) in [6, 6.07) is 4.32. The molecule has 6 heteroatoms. The van der Waals surface area contributed by atoms with Crippen molar-refractivity contribution >= 4 is 28.1 Å². The fourth-order valence-electron chi connectivity index (χ4n) is 1.11. The average Bonchev–Trinajstić information content (AvgIpc) is 2.15. The van der Waals surface area contributed by atoms with E-state index >= 15 is 0 Å². The van der Waals surface area contributed by atoms with Crippen molar-refractivity contribution in [2.24, 2.45) is 0 Å². The van der Waals surface area contributed by atoms with E-state index in [0.29, 0.717) is 17.2 Å². The monoisotopic (exact) mass is 247 g/mol. The van der Waals surface area contributed by atoms with Crippen LogP contribution in [0, 0.1) is 10.1 Å². The van der Waals surface area contributed by atoms with Gasteiger partial charge in [-0.15, -0.1) is 0 Å². The summed E-state index contributed by atoms with van der Waals surface area (Å²) < 4.78 is 10.9. The molecule has 0 fully saturated rings. The molecule has 1 aromatic carbocycles. The first-order valence-electron chi connectivity index (χ1n) is 4.23. The van der Waals surface area contributed by atoms with E-state index < -0.39 is 15.7 Å². The fourth-order valence-corrected chi connectivity index (χ4v) is 1.88. The molecule has 0 aliphatic carbocycles. The maximum absolute atomic E-state index is 10.9. The van der Waals surface area contributed by atoms with Crippen LogP contribution in [0.2, 0.25) is 5.02 Å². The quantitative estimate of drug-likeness (QED) is 0.605. The number of hydrogen-bond donors (Lipinski definition) is 0. The normalized spacial score (nSPS) is 12.4. The summed E-state index contributed by atoms with van der Waals surface area (Å²) in [7, 11) is -0.881. The van der Waals surface area contributed by atoms with E-state index in [-0.39, 0.29) is 5.69 Å². The van der Waals surface area contributed by atoms with Crippen molar-refractivity contribution in [1.29, 1.82) is 0 Å². The standard InChI is InChI=1S/C9H10ClNO3S/c1-15(14)5-4-7-2-3-8(11(12)13)6-9(7)10/h2-3,6H,4-5H2,1H3. The highest BCUT2D eigenvalue weighted by molar-refractivity contribution is 7.84. The minimum absolute atomic E-state index is 0.0265. The number of nitro benzene ring substituents is 1. The second kappa shape index (κ2) is 5.23. The number of hydrogen-bond acceptors (Lipinski definition) is 3. The lowest BCUT2D eigenvalue weighted by molar-refractivity contribution is -0.384. The molecule has 0 aliphatic rings. The number of nitro groups is 1. The molecular weight excluding hydrogens is 238 g/mol. The van der Waals surface area contributed by atoms with Crippen LogP contribution in [-0.4, -0.2) is 21.1 Å². The first kappa shape index (κ1) is 12.1. The SMILES string of the molecule is CS(=O)CCc1ccc([N+](=O)[O-])cc1Cl. The molecule has 1 atom stereocenters. The van der Waals surface area contributed by atoms with Crippen molar-refractivity contribution in [3.05, 3.63) is 38.9 Å². The fraction of sp³-hybridized carbons (Fsp3) is 0.333. The van der Waals surface area contributed by atoms with Gasteiger partial charge in [0.2, 0.25) is 0 Å². The molecule has 15 heavy (non-hydrogen) atoms. The molecule has 1 aromatic rings. The molecule has 4 nitrogen and oxygen atoms in total. The van der Waals surface area contributed by atoms with Crippen LogP contribution in [0.1, 0.15) is 5.56 Å². The van der Waals surface area contributed by atoms with Crippen molar-refractivity contribution in [3.63, 3.8) is 0 Å². The van der Waals surface area contributed by atoms with Crippen LogP contribution in [0.25, 0.3) is 0 Å². The predicted octanol–water partition coefficient (Wildman–Crippen LogP) is 2.17. The molecule has 0 N–H and O–H groups in total. The zero-order valence-electron chi connectivity index (χ0n) is 8.10. The Hall–Kier alpha value is -0.940. The molecule has 0 saturated heterocycles. The Kier molecular flexibility index (Phi) is 4.23. The van der Waals surface area contributed by atoms with E-state index in [0.717, 1.165) is 5.56 Å². The van der Waals surface area contributed by atoms with Gasteiger partial charge in [0.15, 0.2) is 0 Å². The van der Waals surface area contributed by atoms with E-state index in [1.54, 1.807) is 12.3 Å². The van der Waals surface area contributed by atoms with Gasteiger partial charge in [-0.2, -0.15) is 0 Å². The number of benzene rings is 1. The Labute approximate surface area is 94.9 Å². The summed E-state index contributed by atoms with van der Waals surface area (Å²) in [4.78, 5) is 9.94. The lowest BCUT2D eigenvalue weighted by atomic mass is 10.1. The Bertz CT molecular complexity index is 408. The van der Waals surface area contributed by atoms with Crippen molar-refractivity contribution < 1.29 is 9.13 Å². The summed E-state index contributed by atoms with van der Waals surface area (Å²) in [5.41, 5.74) is 0.763. The van der Waals surface area contributed by atoms with E-state index in [1.807, 2.05) is 0 Å². The van der Waals surface area contributed by atoms with Crippen molar-refractivity contribution in [2.45, 2.75) is 6.42 Å². The number of nitrogens with zero attached hydrogens (tertiary/aromatic N) is 1. The number of halogens is 1. The van der Waals surface area contributed by atoms with E-state index in [4.69, 9.17) is 11.6 Å². The van der Waals surface area contributed by atoms with Crippen molar-refractivity contribution in [3.8, 4) is 0 Å². The zero-order valence-corrected chi connectivity index (χ0v) is 9.68. The molecule has 0 saturated carbocycles. The summed E-state index contributed by atoms with van der Waals surface area (Å²) in [6.45, 7) is 0. The third kappa shape index (κ3) is 3.60. The Morgan fingerprint density at radius 3 is 2.67 bits per heavy atom. The summed E-state index contributed by atoms with van der Waals surface area (Å²) >= 11 is 5.85. The largest absolute Gasteiger partial charge is 0.270 e. The maximum Gasteiger partial charge on any atom is 0.270 e. The minimum Gasteiger partial charge on any atom is -0.260 e. The molecule has 0 aromatic heterocycles. The van der Waals surface area contributed by atoms with Crippen LogP contribution in [0.15, 0.2) is 18.2 Å². The summed E-state index contributed by atoms with van der Waals surface area (Å²) in [6.07, 6.45) is 2.18. The molecule has 0 radical (unpaired) electrons. The van der Waals surface area contributed by atoms with Crippen LogP contribution >= 0.6 is 11.6 Å². The van der Waals surface area contributed by atoms with Gasteiger partial charge in [-0.3, -0.25) is 14.3 Å². The van der Waals surface area contributed by atoms with Crippen molar-refractivity contribution in [2.75, 3.05) is 12.0 Å². The third-order valence-electron chi connectivity index (χ3n) is 1.91. The van der Waals surface area contributed by atoms with Crippen LogP contribution in [0.4, 0.5) is 5.69 Å². The molecule has 82 valence electrons. The smallest absolute Gasteiger partial charge is 0.260 e. The van der Waals surface area contributed by atoms with Gasteiger partial charge < -0.3 is 0 Å². The molecule has 0 aliphatic heterocycles. The Morgan fingerprint density at radius 1 is 1.53 bits per heavy atom. The molecule has 0 amide bonds. The van der Waals surface area contributed by atoms with Crippen LogP contribution < -0.4 is 0 Å². The van der Waals surface area contributed by atoms with Gasteiger partial charge in [0.1, 0.15) is 0 Å². The Balaban J connectivity index is 2.83. The third-order valence-corrected chi connectivity index (χ3v) is 3.04. The number of rotatable bonds is 4. The molecule has 1 rings (SSSR count). The number of aryl methyl sites for hydroxylation is 1. The van der Waals surface area contributed by atoms with Crippen LogP contribution in [0.3, 0.4) is 0 Å². The highest BCUT2D eigenvalue weighted by atomic mass is 35.5. The van der Waals surface area contributed by atoms with Crippen molar-refractivity contribution in [1.82, 2.24) is 0 Å². The maximum atomic E-state index is 10.9. The van der Waals surface area contributed by atoms with Crippen LogP contribution in [-0.2, 0) is 17.2 Å². The van der Waals surface area contributed by atoms with Gasteiger partial charge in [-0.25, -0.2) is 0 Å². The second-order valence-electron chi connectivity index (χ2n) is 3.06. The van der Waals surface area contributed by atoms with Crippen LogP contribution in [0.5, 0.6) is 0 Å². The van der Waals surface area contributed by atoms with Gasteiger partial charge >= 0.3 is 0 Å². The highest BCUT2D eigenvalue weighted by Gasteiger charge is 2.09. The highest BCUT2D eigenvalue weighted by Crippen LogP contribution is 2.22. The van der Waals surface area contributed by atoms with E-state index in [2.05, 4.69) is 0 Å². The Morgan fingerprint density at radius 2 is 2.20 bits per heavy atom. The molecule has 0 heterocycles. The van der Waals surface area contributed by atoms with Gasteiger partial charge in [0.25, 0.3) is 5.69 Å². The minimum atomic E-state index is -0.881. The first-order chi connectivity index (χ1) is 7.00. The van der Waals surface area contributed by atoms with Gasteiger partial charge in [-0.1, -0.05) is 17.7 Å². The van der Waals surface area contributed by atoms with Gasteiger partial charge in [-0.05, 0) is 12.0 Å². The molecule has 0 bridgehead atoms. The topological polar surface area (TPSA) is 60.2 Å². The molecular formula is C9H10ClNO3S.